The van der Waals surface area contributed by atoms with Crippen LogP contribution in [0.25, 0.3) is 0 Å². The van der Waals surface area contributed by atoms with Gasteiger partial charge in [0.25, 0.3) is 0 Å². The van der Waals surface area contributed by atoms with Crippen LogP contribution in [0, 0.1) is 5.82 Å². The predicted molar refractivity (Wildman–Crippen MR) is 72.5 cm³/mol. The maximum Gasteiger partial charge on any atom is 0.128 e. The summed E-state index contributed by atoms with van der Waals surface area (Å²) in [6.45, 7) is 4.04. The number of hydrogen-bond donors (Lipinski definition) is 1. The fraction of sp³-hybridized carbons (Fsp3) is 0.385. The molecule has 0 radical (unpaired) electrons. The van der Waals surface area contributed by atoms with E-state index >= 15 is 0 Å². The van der Waals surface area contributed by atoms with Crippen molar-refractivity contribution in [2.24, 2.45) is 0 Å². The Balaban J connectivity index is 2.01. The van der Waals surface area contributed by atoms with E-state index in [0.717, 1.165) is 18.7 Å². The van der Waals surface area contributed by atoms with Crippen molar-refractivity contribution in [2.75, 3.05) is 6.54 Å². The molecule has 0 amide bonds. The predicted octanol–water partition coefficient (Wildman–Crippen LogP) is 2.62. The summed E-state index contributed by atoms with van der Waals surface area (Å²) in [4.78, 5) is 0. The van der Waals surface area contributed by atoms with Crippen molar-refractivity contribution < 1.29 is 4.39 Å². The molecule has 0 atom stereocenters. The molecular weight excluding hydrogens is 267 g/mol. The molecule has 1 aromatic heterocycles. The van der Waals surface area contributed by atoms with Crippen molar-refractivity contribution in [1.82, 2.24) is 20.3 Å². The fourth-order valence-electron chi connectivity index (χ4n) is 1.73. The minimum atomic E-state index is -0.287. The summed E-state index contributed by atoms with van der Waals surface area (Å²) in [5.74, 6) is -0.287. The highest BCUT2D eigenvalue weighted by Crippen LogP contribution is 2.15. The van der Waals surface area contributed by atoms with Crippen molar-refractivity contribution in [1.29, 1.82) is 0 Å². The summed E-state index contributed by atoms with van der Waals surface area (Å²) in [6.07, 6.45) is 2.88. The van der Waals surface area contributed by atoms with Crippen LogP contribution >= 0.6 is 11.6 Å². The summed E-state index contributed by atoms with van der Waals surface area (Å²) < 4.78 is 15.2. The van der Waals surface area contributed by atoms with E-state index in [1.54, 1.807) is 10.7 Å². The molecule has 102 valence electrons. The highest BCUT2D eigenvalue weighted by atomic mass is 35.5. The van der Waals surface area contributed by atoms with E-state index in [0.29, 0.717) is 23.7 Å². The topological polar surface area (TPSA) is 42.7 Å². The van der Waals surface area contributed by atoms with Gasteiger partial charge in [-0.25, -0.2) is 9.07 Å². The van der Waals surface area contributed by atoms with Crippen molar-refractivity contribution in [3.05, 3.63) is 46.5 Å². The molecule has 0 saturated carbocycles. The molecule has 0 saturated heterocycles. The average molecular weight is 283 g/mol. The Morgan fingerprint density at radius 1 is 1.42 bits per heavy atom. The number of halogens is 2. The number of nitrogens with zero attached hydrogens (tertiary/aromatic N) is 3. The second-order valence-electron chi connectivity index (χ2n) is 4.32. The van der Waals surface area contributed by atoms with E-state index in [-0.39, 0.29) is 5.82 Å². The molecule has 0 fully saturated rings. The first-order valence-electron chi connectivity index (χ1n) is 6.22. The standard InChI is InChI=1S/C13H16ClFN4/c1-2-5-16-7-12-9-19(18-17-12)8-10-6-11(14)3-4-13(10)15/h3-4,6,9,16H,2,5,7-8H2,1H3. The molecule has 0 aliphatic heterocycles. The molecular formula is C13H16ClFN4. The van der Waals surface area contributed by atoms with Crippen LogP contribution in [0.15, 0.2) is 24.4 Å². The van der Waals surface area contributed by atoms with Crippen LogP contribution in [0.5, 0.6) is 0 Å². The van der Waals surface area contributed by atoms with Gasteiger partial charge in [0.2, 0.25) is 0 Å². The molecule has 0 unspecified atom stereocenters. The second-order valence-corrected chi connectivity index (χ2v) is 4.76. The Morgan fingerprint density at radius 3 is 3.05 bits per heavy atom. The third kappa shape index (κ3) is 4.01. The van der Waals surface area contributed by atoms with Crippen LogP contribution in [0.2, 0.25) is 5.02 Å². The number of aromatic nitrogens is 3. The van der Waals surface area contributed by atoms with E-state index < -0.39 is 0 Å². The zero-order valence-corrected chi connectivity index (χ0v) is 11.5. The number of rotatable bonds is 6. The Morgan fingerprint density at radius 2 is 2.26 bits per heavy atom. The maximum absolute atomic E-state index is 13.6. The smallest absolute Gasteiger partial charge is 0.128 e. The number of hydrogen-bond acceptors (Lipinski definition) is 3. The van der Waals surface area contributed by atoms with Crippen LogP contribution in [-0.4, -0.2) is 21.5 Å². The van der Waals surface area contributed by atoms with Crippen molar-refractivity contribution in [3.8, 4) is 0 Å². The summed E-state index contributed by atoms with van der Waals surface area (Å²) in [7, 11) is 0. The largest absolute Gasteiger partial charge is 0.311 e. The minimum absolute atomic E-state index is 0.287. The van der Waals surface area contributed by atoms with Crippen LogP contribution in [-0.2, 0) is 13.1 Å². The van der Waals surface area contributed by atoms with Gasteiger partial charge in [-0.3, -0.25) is 0 Å². The first-order valence-corrected chi connectivity index (χ1v) is 6.60. The van der Waals surface area contributed by atoms with Crippen LogP contribution in [0.3, 0.4) is 0 Å². The highest BCUT2D eigenvalue weighted by Gasteiger charge is 2.06. The fourth-order valence-corrected chi connectivity index (χ4v) is 1.92. The molecule has 2 aromatic rings. The zero-order chi connectivity index (χ0) is 13.7. The Hall–Kier alpha value is -1.46. The lowest BCUT2D eigenvalue weighted by molar-refractivity contribution is 0.577. The van der Waals surface area contributed by atoms with Crippen LogP contribution in [0.1, 0.15) is 24.6 Å². The van der Waals surface area contributed by atoms with E-state index in [1.807, 2.05) is 6.20 Å². The van der Waals surface area contributed by atoms with E-state index in [4.69, 9.17) is 11.6 Å². The summed E-state index contributed by atoms with van der Waals surface area (Å²) in [5, 5.41) is 11.8. The van der Waals surface area contributed by atoms with Crippen molar-refractivity contribution in [3.63, 3.8) is 0 Å². The lowest BCUT2D eigenvalue weighted by Crippen LogP contribution is -2.13. The van der Waals surface area contributed by atoms with Crippen molar-refractivity contribution >= 4 is 11.6 Å². The molecule has 1 heterocycles. The Bertz CT molecular complexity index is 541. The lowest BCUT2D eigenvalue weighted by Gasteiger charge is -2.03. The molecule has 1 aromatic carbocycles. The highest BCUT2D eigenvalue weighted by molar-refractivity contribution is 6.30. The Labute approximate surface area is 116 Å². The second kappa shape index (κ2) is 6.63. The maximum atomic E-state index is 13.6. The van der Waals surface area contributed by atoms with Gasteiger partial charge in [0.1, 0.15) is 5.82 Å². The third-order valence-electron chi connectivity index (χ3n) is 2.66. The van der Waals surface area contributed by atoms with Gasteiger partial charge in [0.15, 0.2) is 0 Å². The van der Waals surface area contributed by atoms with Gasteiger partial charge in [-0.2, -0.15) is 0 Å². The lowest BCUT2D eigenvalue weighted by atomic mass is 10.2. The summed E-state index contributed by atoms with van der Waals surface area (Å²) in [6, 6.07) is 4.49. The minimum Gasteiger partial charge on any atom is -0.311 e. The first-order chi connectivity index (χ1) is 9.19. The zero-order valence-electron chi connectivity index (χ0n) is 10.7. The summed E-state index contributed by atoms with van der Waals surface area (Å²) in [5.41, 5.74) is 1.35. The Kier molecular flexibility index (Phi) is 4.87. The van der Waals surface area contributed by atoms with E-state index in [2.05, 4.69) is 22.6 Å². The molecule has 0 aliphatic carbocycles. The molecule has 6 heteroatoms. The summed E-state index contributed by atoms with van der Waals surface area (Å²) >= 11 is 5.85. The number of nitrogens with one attached hydrogen (secondary N) is 1. The SMILES string of the molecule is CCCNCc1cn(Cc2cc(Cl)ccc2F)nn1. The van der Waals surface area contributed by atoms with Gasteiger partial charge in [-0.05, 0) is 31.2 Å². The average Bonchev–Trinajstić information content (AvgIpc) is 2.82. The van der Waals surface area contributed by atoms with Crippen LogP contribution < -0.4 is 5.32 Å². The van der Waals surface area contributed by atoms with Gasteiger partial charge in [-0.1, -0.05) is 23.7 Å². The molecule has 2 rings (SSSR count). The molecule has 1 N–H and O–H groups in total. The quantitative estimate of drug-likeness (QED) is 0.828. The number of benzene rings is 1. The first kappa shape index (κ1) is 14.0. The van der Waals surface area contributed by atoms with E-state index in [1.165, 1.54) is 12.1 Å². The van der Waals surface area contributed by atoms with Gasteiger partial charge in [0.05, 0.1) is 18.4 Å². The molecule has 19 heavy (non-hydrogen) atoms. The molecule has 0 bridgehead atoms. The van der Waals surface area contributed by atoms with Crippen LogP contribution in [0.4, 0.5) is 4.39 Å². The molecule has 0 aliphatic rings. The van der Waals surface area contributed by atoms with Crippen molar-refractivity contribution in [2.45, 2.75) is 26.4 Å². The molecule has 0 spiro atoms. The van der Waals surface area contributed by atoms with Gasteiger partial charge in [0, 0.05) is 17.1 Å². The van der Waals surface area contributed by atoms with E-state index in [9.17, 15) is 4.39 Å². The normalized spacial score (nSPS) is 10.9. The monoisotopic (exact) mass is 282 g/mol. The molecule has 4 nitrogen and oxygen atoms in total. The van der Waals surface area contributed by atoms with Gasteiger partial charge < -0.3 is 5.32 Å². The van der Waals surface area contributed by atoms with Gasteiger partial charge >= 0.3 is 0 Å². The van der Waals surface area contributed by atoms with Gasteiger partial charge in [-0.15, -0.1) is 5.10 Å². The third-order valence-corrected chi connectivity index (χ3v) is 2.89.